The van der Waals surface area contributed by atoms with Crippen LogP contribution in [-0.2, 0) is 0 Å². The van der Waals surface area contributed by atoms with Crippen molar-refractivity contribution >= 4 is 17.1 Å². The van der Waals surface area contributed by atoms with Gasteiger partial charge in [0.25, 0.3) is 10.9 Å². The Hall–Kier alpha value is -2.99. The zero-order valence-electron chi connectivity index (χ0n) is 12.2. The fraction of sp³-hybridized carbons (Fsp3) is 0.118. The van der Waals surface area contributed by atoms with Crippen LogP contribution in [0.15, 0.2) is 64.4 Å². The largest absolute Gasteiger partial charge is 0.394 e. The molecule has 3 aromatic rings. The van der Waals surface area contributed by atoms with Gasteiger partial charge in [-0.1, -0.05) is 30.3 Å². The smallest absolute Gasteiger partial charge is 0.253 e. The predicted molar refractivity (Wildman–Crippen MR) is 88.8 cm³/mol. The molecule has 0 aliphatic carbocycles. The van der Waals surface area contributed by atoms with Crippen molar-refractivity contribution in [2.45, 2.75) is 6.04 Å². The predicted octanol–water partition coefficient (Wildman–Crippen LogP) is 1.57. The van der Waals surface area contributed by atoms with E-state index in [1.165, 1.54) is 0 Å². The molecule has 0 bridgehead atoms. The molecule has 0 spiro atoms. The number of pyridine rings is 1. The maximum absolute atomic E-state index is 11.8. The Morgan fingerprint density at radius 2 is 1.61 bits per heavy atom. The van der Waals surface area contributed by atoms with Crippen LogP contribution in [0.4, 0.5) is 17.1 Å². The maximum atomic E-state index is 11.8. The minimum absolute atomic E-state index is 0.190. The van der Waals surface area contributed by atoms with Crippen LogP contribution in [0.5, 0.6) is 0 Å². The summed E-state index contributed by atoms with van der Waals surface area (Å²) in [4.78, 5) is 27.5. The van der Waals surface area contributed by atoms with Gasteiger partial charge in [0.15, 0.2) is 0 Å². The Balaban J connectivity index is 1.85. The Morgan fingerprint density at radius 1 is 0.957 bits per heavy atom. The first-order chi connectivity index (χ1) is 11.2. The summed E-state index contributed by atoms with van der Waals surface area (Å²) in [6, 6.07) is 12.2. The lowest BCUT2D eigenvalue weighted by Gasteiger charge is -2.21. The van der Waals surface area contributed by atoms with Crippen molar-refractivity contribution in [1.82, 2.24) is 4.98 Å². The number of aliphatic hydroxyl groups excluding tert-OH is 1. The summed E-state index contributed by atoms with van der Waals surface area (Å²) in [5.74, 6) is 0. The monoisotopic (exact) mass is 309 g/mol. The average Bonchev–Trinajstić information content (AvgIpc) is 2.62. The quantitative estimate of drug-likeness (QED) is 0.599. The molecule has 6 heteroatoms. The van der Waals surface area contributed by atoms with Gasteiger partial charge in [-0.3, -0.25) is 14.6 Å². The fourth-order valence-corrected chi connectivity index (χ4v) is 2.32. The minimum Gasteiger partial charge on any atom is -0.394 e. The van der Waals surface area contributed by atoms with E-state index >= 15 is 0 Å². The normalized spacial score (nSPS) is 12.0. The van der Waals surface area contributed by atoms with E-state index in [2.05, 4.69) is 15.6 Å². The number of hydrogen-bond acceptors (Lipinski definition) is 6. The van der Waals surface area contributed by atoms with Crippen molar-refractivity contribution in [2.24, 2.45) is 0 Å². The first-order valence-corrected chi connectivity index (χ1v) is 7.13. The molecule has 0 aliphatic heterocycles. The molecule has 0 saturated carbocycles. The van der Waals surface area contributed by atoms with Gasteiger partial charge >= 0.3 is 0 Å². The molecule has 0 fully saturated rings. The van der Waals surface area contributed by atoms with Crippen LogP contribution in [0.3, 0.4) is 0 Å². The third-order valence-corrected chi connectivity index (χ3v) is 3.56. The van der Waals surface area contributed by atoms with E-state index in [1.807, 2.05) is 30.3 Å². The summed E-state index contributed by atoms with van der Waals surface area (Å²) in [6.07, 6.45) is 3.17. The molecule has 3 rings (SSSR count). The van der Waals surface area contributed by atoms with E-state index in [4.69, 9.17) is 0 Å². The van der Waals surface area contributed by atoms with Gasteiger partial charge in [0.05, 0.1) is 12.6 Å². The number of nitrogens with zero attached hydrogens (tertiary/aromatic N) is 1. The molecule has 0 unspecified atom stereocenters. The summed E-state index contributed by atoms with van der Waals surface area (Å²) in [6.45, 7) is -0.197. The molecule has 1 atom stereocenters. The molecule has 0 radical (unpaired) electrons. The first-order valence-electron chi connectivity index (χ1n) is 7.13. The molecule has 2 aromatic carbocycles. The third-order valence-electron chi connectivity index (χ3n) is 3.56. The third kappa shape index (κ3) is 2.97. The van der Waals surface area contributed by atoms with Crippen LogP contribution < -0.4 is 21.5 Å². The fourth-order valence-electron chi connectivity index (χ4n) is 2.32. The number of hydrogen-bond donors (Lipinski definition) is 3. The van der Waals surface area contributed by atoms with Gasteiger partial charge in [0, 0.05) is 18.1 Å². The molecule has 0 saturated heterocycles. The van der Waals surface area contributed by atoms with Crippen molar-refractivity contribution in [3.05, 3.63) is 80.9 Å². The number of aromatic nitrogens is 1. The summed E-state index contributed by atoms with van der Waals surface area (Å²) < 4.78 is 0. The van der Waals surface area contributed by atoms with Crippen molar-refractivity contribution in [3.8, 4) is 0 Å². The molecular formula is C17H15N3O3. The van der Waals surface area contributed by atoms with E-state index in [9.17, 15) is 14.7 Å². The Morgan fingerprint density at radius 3 is 2.26 bits per heavy atom. The summed E-state index contributed by atoms with van der Waals surface area (Å²) in [5.41, 5.74) is 0.726. The lowest BCUT2D eigenvalue weighted by Crippen LogP contribution is -2.37. The summed E-state index contributed by atoms with van der Waals surface area (Å²) in [7, 11) is 0. The molecule has 6 nitrogen and oxygen atoms in total. The van der Waals surface area contributed by atoms with E-state index in [0.29, 0.717) is 5.69 Å². The van der Waals surface area contributed by atoms with E-state index in [-0.39, 0.29) is 18.0 Å². The van der Waals surface area contributed by atoms with E-state index in [0.717, 1.165) is 5.56 Å². The molecule has 0 amide bonds. The van der Waals surface area contributed by atoms with Gasteiger partial charge in [-0.2, -0.15) is 0 Å². The number of nitrogens with one attached hydrogen (secondary N) is 2. The highest BCUT2D eigenvalue weighted by Crippen LogP contribution is 2.24. The van der Waals surface area contributed by atoms with Crippen molar-refractivity contribution in [1.29, 1.82) is 0 Å². The average molecular weight is 309 g/mol. The van der Waals surface area contributed by atoms with Crippen molar-refractivity contribution < 1.29 is 5.11 Å². The molecule has 1 heterocycles. The van der Waals surface area contributed by atoms with Crippen molar-refractivity contribution in [2.75, 3.05) is 17.2 Å². The topological polar surface area (TPSA) is 91.3 Å². The van der Waals surface area contributed by atoms with Crippen LogP contribution in [0.2, 0.25) is 0 Å². The highest BCUT2D eigenvalue weighted by atomic mass is 16.3. The Kier molecular flexibility index (Phi) is 4.16. The van der Waals surface area contributed by atoms with Crippen LogP contribution in [0, 0.1) is 0 Å². The molecule has 116 valence electrons. The highest BCUT2D eigenvalue weighted by molar-refractivity contribution is 5.78. The minimum atomic E-state index is -0.587. The number of benzene rings is 1. The highest BCUT2D eigenvalue weighted by Gasteiger charge is 2.23. The lowest BCUT2D eigenvalue weighted by molar-refractivity contribution is 0.276. The summed E-state index contributed by atoms with van der Waals surface area (Å²) in [5, 5.41) is 15.4. The first kappa shape index (κ1) is 14.9. The van der Waals surface area contributed by atoms with Gasteiger partial charge in [0.1, 0.15) is 11.4 Å². The van der Waals surface area contributed by atoms with Gasteiger partial charge in [0.2, 0.25) is 0 Å². The number of rotatable bonds is 6. The summed E-state index contributed by atoms with van der Waals surface area (Å²) >= 11 is 0. The van der Waals surface area contributed by atoms with Gasteiger partial charge in [-0.15, -0.1) is 0 Å². The van der Waals surface area contributed by atoms with Gasteiger partial charge in [-0.25, -0.2) is 0 Å². The SMILES string of the molecule is O=c1c(Nc2ccncc2)c(N[C@@H](CO)c2ccccc2)c1=O. The Labute approximate surface area is 132 Å². The number of aliphatic hydroxyl groups is 1. The molecular weight excluding hydrogens is 294 g/mol. The maximum Gasteiger partial charge on any atom is 0.253 e. The van der Waals surface area contributed by atoms with Crippen LogP contribution in [0.1, 0.15) is 11.6 Å². The van der Waals surface area contributed by atoms with Crippen LogP contribution in [0.25, 0.3) is 0 Å². The van der Waals surface area contributed by atoms with Crippen LogP contribution >= 0.6 is 0 Å². The second kappa shape index (κ2) is 6.41. The zero-order valence-corrected chi connectivity index (χ0v) is 12.2. The number of anilines is 3. The second-order valence-corrected chi connectivity index (χ2v) is 5.06. The molecule has 23 heavy (non-hydrogen) atoms. The van der Waals surface area contributed by atoms with Gasteiger partial charge in [-0.05, 0) is 17.7 Å². The molecule has 1 aromatic heterocycles. The molecule has 3 N–H and O–H groups in total. The molecule has 0 aliphatic rings. The van der Waals surface area contributed by atoms with Crippen LogP contribution in [-0.4, -0.2) is 16.7 Å². The standard InChI is InChI=1S/C17H15N3O3/c21-10-13(11-4-2-1-3-5-11)20-15-14(16(22)17(15)23)19-12-6-8-18-9-7-12/h1-9,13,20-21H,10H2,(H,18,19)/t13-/m0/s1. The second-order valence-electron chi connectivity index (χ2n) is 5.06. The van der Waals surface area contributed by atoms with E-state index < -0.39 is 16.9 Å². The lowest BCUT2D eigenvalue weighted by atomic mass is 10.1. The van der Waals surface area contributed by atoms with E-state index in [1.54, 1.807) is 24.5 Å². The van der Waals surface area contributed by atoms with Gasteiger partial charge < -0.3 is 15.7 Å². The van der Waals surface area contributed by atoms with Crippen molar-refractivity contribution in [3.63, 3.8) is 0 Å². The Bertz CT molecular complexity index is 856. The zero-order chi connectivity index (χ0) is 16.2.